The van der Waals surface area contributed by atoms with Crippen LogP contribution in [0.5, 0.6) is 5.75 Å². The number of ether oxygens (including phenoxy) is 2. The van der Waals surface area contributed by atoms with E-state index in [0.717, 1.165) is 49.7 Å². The first kappa shape index (κ1) is 19.7. The predicted octanol–water partition coefficient (Wildman–Crippen LogP) is 3.41. The zero-order valence-corrected chi connectivity index (χ0v) is 17.1. The lowest BCUT2D eigenvalue weighted by Crippen LogP contribution is -2.55. The third-order valence-electron chi connectivity index (χ3n) is 6.80. The van der Waals surface area contributed by atoms with Crippen molar-refractivity contribution in [2.45, 2.75) is 63.5 Å². The quantitative estimate of drug-likeness (QED) is 0.814. The molecule has 28 heavy (non-hydrogen) atoms. The first-order chi connectivity index (χ1) is 13.7. The minimum atomic E-state index is -0.0403. The Bertz CT molecular complexity index is 672. The van der Waals surface area contributed by atoms with E-state index in [1.54, 1.807) is 7.11 Å². The minimum absolute atomic E-state index is 0.0403. The van der Waals surface area contributed by atoms with Gasteiger partial charge in [0.15, 0.2) is 0 Å². The second-order valence-corrected chi connectivity index (χ2v) is 8.63. The summed E-state index contributed by atoms with van der Waals surface area (Å²) < 4.78 is 11.5. The highest BCUT2D eigenvalue weighted by molar-refractivity contribution is 5.97. The number of likely N-dealkylation sites (tertiary alicyclic amines) is 1. The Morgan fingerprint density at radius 3 is 2.93 bits per heavy atom. The van der Waals surface area contributed by atoms with E-state index >= 15 is 0 Å². The lowest BCUT2D eigenvalue weighted by Gasteiger charge is -2.38. The molecule has 2 fully saturated rings. The van der Waals surface area contributed by atoms with Crippen molar-refractivity contribution in [1.29, 1.82) is 0 Å². The fourth-order valence-electron chi connectivity index (χ4n) is 5.07. The number of carbonyl (C=O) groups excluding carboxylic acids is 1. The van der Waals surface area contributed by atoms with Gasteiger partial charge in [-0.05, 0) is 36.9 Å². The smallest absolute Gasteiger partial charge is 0.255 e. The van der Waals surface area contributed by atoms with E-state index in [1.807, 2.05) is 18.2 Å². The summed E-state index contributed by atoms with van der Waals surface area (Å²) in [5.41, 5.74) is 1.79. The number of fused-ring (bicyclic) bond motifs is 1. The van der Waals surface area contributed by atoms with E-state index in [9.17, 15) is 4.79 Å². The highest BCUT2D eigenvalue weighted by Crippen LogP contribution is 2.30. The van der Waals surface area contributed by atoms with Crippen molar-refractivity contribution < 1.29 is 14.3 Å². The summed E-state index contributed by atoms with van der Waals surface area (Å²) in [5.74, 6) is 1.63. The third-order valence-corrected chi connectivity index (χ3v) is 6.80. The Morgan fingerprint density at radius 2 is 2.11 bits per heavy atom. The summed E-state index contributed by atoms with van der Waals surface area (Å²) in [6.45, 7) is 3.75. The second-order valence-electron chi connectivity index (χ2n) is 8.63. The minimum Gasteiger partial charge on any atom is -0.492 e. The molecule has 2 atom stereocenters. The Labute approximate surface area is 168 Å². The number of nitrogens with one attached hydrogen (secondary N) is 1. The van der Waals surface area contributed by atoms with Gasteiger partial charge in [-0.3, -0.25) is 4.79 Å². The number of methoxy groups -OCH3 is 1. The normalized spacial score (nSPS) is 25.9. The molecule has 1 saturated heterocycles. The van der Waals surface area contributed by atoms with Crippen LogP contribution in [-0.2, 0) is 11.2 Å². The number of piperidine rings is 1. The molecule has 1 N–H and O–H groups in total. The molecule has 3 aliphatic rings. The second kappa shape index (κ2) is 9.27. The van der Waals surface area contributed by atoms with Gasteiger partial charge in [-0.2, -0.15) is 0 Å². The van der Waals surface area contributed by atoms with E-state index in [2.05, 4.69) is 10.2 Å². The van der Waals surface area contributed by atoms with Crippen molar-refractivity contribution in [2.75, 3.05) is 33.4 Å². The number of amides is 1. The van der Waals surface area contributed by atoms with Crippen LogP contribution >= 0.6 is 0 Å². The summed E-state index contributed by atoms with van der Waals surface area (Å²) in [5, 5.41) is 3.22. The zero-order valence-electron chi connectivity index (χ0n) is 17.1. The zero-order chi connectivity index (χ0) is 19.3. The largest absolute Gasteiger partial charge is 0.492 e. The molecular weight excluding hydrogens is 352 g/mol. The summed E-state index contributed by atoms with van der Waals surface area (Å²) >= 11 is 0. The maximum Gasteiger partial charge on any atom is 0.255 e. The first-order valence-electron chi connectivity index (χ1n) is 11.1. The Kier molecular flexibility index (Phi) is 6.53. The standard InChI is InChI=1S/C23H34N2O3/c1-27-21-16-25(13-10-17-6-3-2-4-7-17)14-11-20(21)24-23(26)19-9-5-8-18-12-15-28-22(18)19/h5,8-9,17,20-21H,2-4,6-7,10-16H2,1H3,(H,24,26). The molecule has 2 heterocycles. The summed E-state index contributed by atoms with van der Waals surface area (Å²) in [7, 11) is 1.76. The van der Waals surface area contributed by atoms with Crippen molar-refractivity contribution in [3.63, 3.8) is 0 Å². The van der Waals surface area contributed by atoms with Crippen LogP contribution in [0.1, 0.15) is 60.9 Å². The molecule has 0 radical (unpaired) electrons. The molecule has 0 spiro atoms. The monoisotopic (exact) mass is 386 g/mol. The molecule has 1 amide bonds. The molecule has 1 saturated carbocycles. The van der Waals surface area contributed by atoms with Crippen LogP contribution in [0.4, 0.5) is 0 Å². The van der Waals surface area contributed by atoms with Crippen LogP contribution in [0, 0.1) is 5.92 Å². The molecule has 5 nitrogen and oxygen atoms in total. The molecule has 0 aromatic heterocycles. The van der Waals surface area contributed by atoms with Gasteiger partial charge in [0.25, 0.3) is 5.91 Å². The van der Waals surface area contributed by atoms with E-state index in [0.29, 0.717) is 12.2 Å². The number of hydrogen-bond acceptors (Lipinski definition) is 4. The van der Waals surface area contributed by atoms with Crippen molar-refractivity contribution in [3.8, 4) is 5.75 Å². The van der Waals surface area contributed by atoms with Crippen LogP contribution in [0.25, 0.3) is 0 Å². The number of rotatable bonds is 6. The van der Waals surface area contributed by atoms with E-state index in [1.165, 1.54) is 38.5 Å². The van der Waals surface area contributed by atoms with Gasteiger partial charge in [-0.1, -0.05) is 44.2 Å². The molecule has 1 aliphatic carbocycles. The summed E-state index contributed by atoms with van der Waals surface area (Å²) in [4.78, 5) is 15.4. The van der Waals surface area contributed by atoms with Crippen molar-refractivity contribution in [2.24, 2.45) is 5.92 Å². The number of para-hydroxylation sites is 1. The first-order valence-corrected chi connectivity index (χ1v) is 11.1. The molecule has 4 rings (SSSR count). The molecule has 2 aliphatic heterocycles. The molecule has 1 aromatic rings. The summed E-state index contributed by atoms with van der Waals surface area (Å²) in [6.07, 6.45) is 10.2. The summed E-state index contributed by atoms with van der Waals surface area (Å²) in [6, 6.07) is 5.91. The van der Waals surface area contributed by atoms with Crippen LogP contribution in [0.2, 0.25) is 0 Å². The average molecular weight is 387 g/mol. The highest BCUT2D eigenvalue weighted by Gasteiger charge is 2.32. The number of carbonyl (C=O) groups is 1. The van der Waals surface area contributed by atoms with Gasteiger partial charge in [-0.15, -0.1) is 0 Å². The molecular formula is C23H34N2O3. The average Bonchev–Trinajstić information content (AvgIpc) is 3.22. The van der Waals surface area contributed by atoms with Gasteiger partial charge < -0.3 is 19.7 Å². The van der Waals surface area contributed by atoms with Crippen LogP contribution in [0.15, 0.2) is 18.2 Å². The van der Waals surface area contributed by atoms with Gasteiger partial charge in [0, 0.05) is 26.6 Å². The molecule has 1 aromatic carbocycles. The van der Waals surface area contributed by atoms with Gasteiger partial charge in [0.05, 0.1) is 24.3 Å². The lowest BCUT2D eigenvalue weighted by molar-refractivity contribution is 0.00454. The number of benzene rings is 1. The van der Waals surface area contributed by atoms with Crippen LogP contribution < -0.4 is 10.1 Å². The third kappa shape index (κ3) is 4.52. The van der Waals surface area contributed by atoms with Crippen molar-refractivity contribution >= 4 is 5.91 Å². The van der Waals surface area contributed by atoms with Gasteiger partial charge in [0.1, 0.15) is 5.75 Å². The fraction of sp³-hybridized carbons (Fsp3) is 0.696. The van der Waals surface area contributed by atoms with E-state index in [-0.39, 0.29) is 18.1 Å². The maximum absolute atomic E-state index is 12.9. The predicted molar refractivity (Wildman–Crippen MR) is 110 cm³/mol. The lowest BCUT2D eigenvalue weighted by atomic mass is 9.86. The van der Waals surface area contributed by atoms with Gasteiger partial charge in [0.2, 0.25) is 0 Å². The highest BCUT2D eigenvalue weighted by atomic mass is 16.5. The fourth-order valence-corrected chi connectivity index (χ4v) is 5.07. The van der Waals surface area contributed by atoms with Crippen LogP contribution in [0.3, 0.4) is 0 Å². The van der Waals surface area contributed by atoms with Gasteiger partial charge >= 0.3 is 0 Å². The number of hydrogen-bond donors (Lipinski definition) is 1. The molecule has 5 heteroatoms. The van der Waals surface area contributed by atoms with Crippen molar-refractivity contribution in [3.05, 3.63) is 29.3 Å². The van der Waals surface area contributed by atoms with E-state index < -0.39 is 0 Å². The molecule has 2 unspecified atom stereocenters. The Hall–Kier alpha value is -1.59. The Morgan fingerprint density at radius 1 is 1.25 bits per heavy atom. The van der Waals surface area contributed by atoms with E-state index in [4.69, 9.17) is 9.47 Å². The molecule has 0 bridgehead atoms. The van der Waals surface area contributed by atoms with Gasteiger partial charge in [-0.25, -0.2) is 0 Å². The van der Waals surface area contributed by atoms with Crippen LogP contribution in [-0.4, -0.2) is 56.3 Å². The Balaban J connectivity index is 1.31. The number of nitrogens with zero attached hydrogens (tertiary/aromatic N) is 1. The molecule has 154 valence electrons. The SMILES string of the molecule is COC1CN(CCC2CCCCC2)CCC1NC(=O)c1cccc2c1OCC2. The van der Waals surface area contributed by atoms with Crippen molar-refractivity contribution in [1.82, 2.24) is 10.2 Å². The maximum atomic E-state index is 12.9. The topological polar surface area (TPSA) is 50.8 Å².